The van der Waals surface area contributed by atoms with E-state index < -0.39 is 0 Å². The number of hydrogen-bond acceptors (Lipinski definition) is 4. The van der Waals surface area contributed by atoms with E-state index in [-0.39, 0.29) is 11.7 Å². The number of fused-ring (bicyclic) bond motifs is 1. The van der Waals surface area contributed by atoms with E-state index in [1.807, 2.05) is 26.0 Å². The highest BCUT2D eigenvalue weighted by Gasteiger charge is 2.06. The summed E-state index contributed by atoms with van der Waals surface area (Å²) in [6.45, 7) is 3.98. The van der Waals surface area contributed by atoms with Crippen molar-refractivity contribution < 1.29 is 4.79 Å². The minimum Gasteiger partial charge on any atom is -0.369 e. The van der Waals surface area contributed by atoms with E-state index in [0.29, 0.717) is 5.16 Å². The van der Waals surface area contributed by atoms with Gasteiger partial charge in [0.1, 0.15) is 0 Å². The van der Waals surface area contributed by atoms with Crippen LogP contribution in [-0.4, -0.2) is 21.6 Å². The summed E-state index contributed by atoms with van der Waals surface area (Å²) in [5, 5.41) is 1.64. The van der Waals surface area contributed by atoms with Gasteiger partial charge in [0.25, 0.3) is 0 Å². The van der Waals surface area contributed by atoms with Gasteiger partial charge in [0.2, 0.25) is 5.91 Å². The fourth-order valence-corrected chi connectivity index (χ4v) is 2.20. The van der Waals surface area contributed by atoms with Crippen molar-refractivity contribution in [2.75, 3.05) is 5.75 Å². The molecule has 2 N–H and O–H groups in total. The summed E-state index contributed by atoms with van der Waals surface area (Å²) in [5.74, 6) is -0.156. The second kappa shape index (κ2) is 4.71. The topological polar surface area (TPSA) is 68.9 Å². The van der Waals surface area contributed by atoms with Crippen LogP contribution >= 0.6 is 11.8 Å². The Balaban J connectivity index is 2.41. The summed E-state index contributed by atoms with van der Waals surface area (Å²) in [5.41, 5.74) is 8.10. The largest absolute Gasteiger partial charge is 0.369 e. The molecule has 0 saturated carbocycles. The lowest BCUT2D eigenvalue weighted by atomic mass is 10.1. The number of aromatic nitrogens is 2. The molecule has 0 spiro atoms. The van der Waals surface area contributed by atoms with Gasteiger partial charge in [-0.05, 0) is 26.0 Å². The smallest absolute Gasteiger partial charge is 0.227 e. The molecule has 0 atom stereocenters. The Morgan fingerprint density at radius 1 is 1.35 bits per heavy atom. The highest BCUT2D eigenvalue weighted by Crippen LogP contribution is 2.21. The molecule has 2 rings (SSSR count). The predicted molar refractivity (Wildman–Crippen MR) is 68.9 cm³/mol. The molecular weight excluding hydrogens is 234 g/mol. The maximum Gasteiger partial charge on any atom is 0.227 e. The van der Waals surface area contributed by atoms with E-state index in [4.69, 9.17) is 5.73 Å². The molecule has 5 heteroatoms. The third-order valence-electron chi connectivity index (χ3n) is 2.36. The van der Waals surface area contributed by atoms with Gasteiger partial charge in [-0.1, -0.05) is 23.4 Å². The molecular formula is C12H13N3OS. The zero-order valence-corrected chi connectivity index (χ0v) is 10.5. The number of rotatable bonds is 3. The lowest BCUT2D eigenvalue weighted by molar-refractivity contribution is -0.115. The van der Waals surface area contributed by atoms with Crippen molar-refractivity contribution in [3.8, 4) is 0 Å². The fourth-order valence-electron chi connectivity index (χ4n) is 1.57. The second-order valence-corrected chi connectivity index (χ2v) is 4.81. The first-order valence-electron chi connectivity index (χ1n) is 5.22. The van der Waals surface area contributed by atoms with Crippen molar-refractivity contribution in [2.24, 2.45) is 5.73 Å². The Kier molecular flexibility index (Phi) is 3.28. The molecule has 0 fully saturated rings. The molecule has 1 heterocycles. The number of benzene rings is 1. The van der Waals surface area contributed by atoms with Gasteiger partial charge in [0, 0.05) is 11.1 Å². The summed E-state index contributed by atoms with van der Waals surface area (Å²) in [6.07, 6.45) is 0. The van der Waals surface area contributed by atoms with Crippen LogP contribution in [0.25, 0.3) is 10.9 Å². The Hall–Kier alpha value is -1.62. The van der Waals surface area contributed by atoms with Gasteiger partial charge in [0.15, 0.2) is 5.16 Å². The van der Waals surface area contributed by atoms with Crippen LogP contribution < -0.4 is 5.73 Å². The van der Waals surface area contributed by atoms with E-state index in [0.717, 1.165) is 16.6 Å². The van der Waals surface area contributed by atoms with Gasteiger partial charge < -0.3 is 5.73 Å². The first-order valence-corrected chi connectivity index (χ1v) is 6.21. The molecule has 1 amide bonds. The number of carbonyl (C=O) groups is 1. The van der Waals surface area contributed by atoms with E-state index in [9.17, 15) is 4.79 Å². The summed E-state index contributed by atoms with van der Waals surface area (Å²) in [6, 6.07) is 6.04. The van der Waals surface area contributed by atoms with E-state index in [1.165, 1.54) is 17.3 Å². The van der Waals surface area contributed by atoms with Crippen molar-refractivity contribution in [2.45, 2.75) is 19.0 Å². The Labute approximate surface area is 104 Å². The highest BCUT2D eigenvalue weighted by molar-refractivity contribution is 7.99. The molecule has 0 aliphatic carbocycles. The molecule has 88 valence electrons. The fraction of sp³-hybridized carbons (Fsp3) is 0.250. The molecule has 0 unspecified atom stereocenters. The van der Waals surface area contributed by atoms with E-state index >= 15 is 0 Å². The van der Waals surface area contributed by atoms with E-state index in [1.54, 1.807) is 0 Å². The van der Waals surface area contributed by atoms with Gasteiger partial charge in [-0.25, -0.2) is 9.97 Å². The summed E-state index contributed by atoms with van der Waals surface area (Å²) in [4.78, 5) is 19.5. The average molecular weight is 247 g/mol. The van der Waals surface area contributed by atoms with Crippen molar-refractivity contribution in [3.63, 3.8) is 0 Å². The Morgan fingerprint density at radius 3 is 2.82 bits per heavy atom. The van der Waals surface area contributed by atoms with E-state index in [2.05, 4.69) is 16.0 Å². The third-order valence-corrected chi connectivity index (χ3v) is 3.23. The molecule has 1 aromatic heterocycles. The number of thioether (sulfide) groups is 1. The van der Waals surface area contributed by atoms with Crippen molar-refractivity contribution in [1.82, 2.24) is 9.97 Å². The summed E-state index contributed by atoms with van der Waals surface area (Å²) in [7, 11) is 0. The van der Waals surface area contributed by atoms with Gasteiger partial charge >= 0.3 is 0 Å². The van der Waals surface area contributed by atoms with Crippen molar-refractivity contribution in [3.05, 3.63) is 29.5 Å². The van der Waals surface area contributed by atoms with Crippen LogP contribution in [0, 0.1) is 13.8 Å². The molecule has 0 aliphatic heterocycles. The zero-order valence-electron chi connectivity index (χ0n) is 9.73. The molecule has 0 saturated heterocycles. The molecule has 1 aromatic carbocycles. The Morgan fingerprint density at radius 2 is 2.12 bits per heavy atom. The zero-order chi connectivity index (χ0) is 12.4. The summed E-state index contributed by atoms with van der Waals surface area (Å²) >= 11 is 1.26. The molecule has 0 bridgehead atoms. The third kappa shape index (κ3) is 2.74. The van der Waals surface area contributed by atoms with Crippen LogP contribution in [0.3, 0.4) is 0 Å². The van der Waals surface area contributed by atoms with Gasteiger partial charge in [-0.2, -0.15) is 0 Å². The number of carbonyl (C=O) groups excluding carboxylic acids is 1. The normalized spacial score (nSPS) is 10.7. The quantitative estimate of drug-likeness (QED) is 0.663. The van der Waals surface area contributed by atoms with Crippen LogP contribution in [0.2, 0.25) is 0 Å². The van der Waals surface area contributed by atoms with Crippen LogP contribution in [0.15, 0.2) is 23.4 Å². The highest BCUT2D eigenvalue weighted by atomic mass is 32.2. The number of nitrogens with zero attached hydrogens (tertiary/aromatic N) is 2. The number of primary amides is 1. The lowest BCUT2D eigenvalue weighted by Crippen LogP contribution is -2.13. The molecule has 4 nitrogen and oxygen atoms in total. The van der Waals surface area contributed by atoms with Crippen LogP contribution in [0.1, 0.15) is 11.3 Å². The average Bonchev–Trinajstić information content (AvgIpc) is 2.27. The number of nitrogens with two attached hydrogens (primary N) is 1. The van der Waals surface area contributed by atoms with Gasteiger partial charge in [-0.15, -0.1) is 0 Å². The monoisotopic (exact) mass is 247 g/mol. The first-order chi connectivity index (χ1) is 8.06. The maximum atomic E-state index is 10.7. The number of aryl methyl sites for hydroxylation is 2. The maximum absolute atomic E-state index is 10.7. The van der Waals surface area contributed by atoms with Crippen molar-refractivity contribution >= 4 is 28.6 Å². The van der Waals surface area contributed by atoms with Crippen LogP contribution in [0.5, 0.6) is 0 Å². The molecule has 0 radical (unpaired) electrons. The van der Waals surface area contributed by atoms with Crippen molar-refractivity contribution in [1.29, 1.82) is 0 Å². The van der Waals surface area contributed by atoms with Gasteiger partial charge in [-0.3, -0.25) is 4.79 Å². The second-order valence-electron chi connectivity index (χ2n) is 3.87. The summed E-state index contributed by atoms with van der Waals surface area (Å²) < 4.78 is 0. The SMILES string of the molecule is Cc1ccc2nc(SCC(N)=O)nc(C)c2c1. The van der Waals surface area contributed by atoms with Crippen LogP contribution in [0.4, 0.5) is 0 Å². The number of hydrogen-bond donors (Lipinski definition) is 1. The first kappa shape index (κ1) is 11.9. The minimum atomic E-state index is -0.361. The molecule has 2 aromatic rings. The molecule has 0 aliphatic rings. The lowest BCUT2D eigenvalue weighted by Gasteiger charge is -2.05. The minimum absolute atomic E-state index is 0.205. The Bertz CT molecular complexity index is 583. The molecule has 17 heavy (non-hydrogen) atoms. The standard InChI is InChI=1S/C12H13N3OS/c1-7-3-4-10-9(5-7)8(2)14-12(15-10)17-6-11(13)16/h3-5H,6H2,1-2H3,(H2,13,16). The van der Waals surface area contributed by atoms with Gasteiger partial charge in [0.05, 0.1) is 11.3 Å². The predicted octanol–water partition coefficient (Wildman–Crippen LogP) is 1.82. The van der Waals surface area contributed by atoms with Crippen LogP contribution in [-0.2, 0) is 4.79 Å². The number of amides is 1.